The number of quaternary nitrogens is 1. The van der Waals surface area contributed by atoms with Crippen molar-refractivity contribution in [1.29, 1.82) is 0 Å². The summed E-state index contributed by atoms with van der Waals surface area (Å²) in [4.78, 5) is 24.7. The number of carbonyl (C=O) groups excluding carboxylic acids is 2. The molecule has 0 spiro atoms. The first-order valence-corrected chi connectivity index (χ1v) is 8.96. The van der Waals surface area contributed by atoms with E-state index < -0.39 is 12.0 Å². The Labute approximate surface area is 149 Å². The molecule has 1 heterocycles. The van der Waals surface area contributed by atoms with Crippen molar-refractivity contribution >= 4 is 12.0 Å². The van der Waals surface area contributed by atoms with Crippen molar-refractivity contribution in [3.05, 3.63) is 47.2 Å². The topological polar surface area (TPSA) is 84.0 Å². The molecule has 136 valence electrons. The predicted molar refractivity (Wildman–Crippen MR) is 95.7 cm³/mol. The van der Waals surface area contributed by atoms with E-state index in [2.05, 4.69) is 29.8 Å². The second-order valence-electron chi connectivity index (χ2n) is 6.07. The van der Waals surface area contributed by atoms with Crippen molar-refractivity contribution in [2.75, 3.05) is 13.2 Å². The fourth-order valence-electron chi connectivity index (χ4n) is 3.03. The second kappa shape index (κ2) is 9.22. The number of carbonyl (C=O) groups is 2. The minimum absolute atomic E-state index is 0.293. The Morgan fingerprint density at radius 1 is 1.20 bits per heavy atom. The SMILES string of the molecule is CCOC(=O)C1=C(C[NH2+]C(CC)CC)NC(=O)N[C@@H]1c1ccccc1. The van der Waals surface area contributed by atoms with Crippen LogP contribution in [0.2, 0.25) is 0 Å². The lowest BCUT2D eigenvalue weighted by atomic mass is 9.95. The third-order valence-corrected chi connectivity index (χ3v) is 4.49. The monoisotopic (exact) mass is 346 g/mol. The summed E-state index contributed by atoms with van der Waals surface area (Å²) in [6.07, 6.45) is 2.07. The van der Waals surface area contributed by atoms with Crippen LogP contribution in [0.3, 0.4) is 0 Å². The molecule has 1 aliphatic heterocycles. The first-order valence-electron chi connectivity index (χ1n) is 8.96. The van der Waals surface area contributed by atoms with E-state index >= 15 is 0 Å². The van der Waals surface area contributed by atoms with E-state index in [4.69, 9.17) is 4.74 Å². The number of esters is 1. The van der Waals surface area contributed by atoms with Gasteiger partial charge in [0.25, 0.3) is 0 Å². The fourth-order valence-corrected chi connectivity index (χ4v) is 3.03. The highest BCUT2D eigenvalue weighted by molar-refractivity contribution is 5.95. The number of rotatable bonds is 8. The van der Waals surface area contributed by atoms with Crippen molar-refractivity contribution < 1.29 is 19.6 Å². The zero-order valence-corrected chi connectivity index (χ0v) is 15.2. The van der Waals surface area contributed by atoms with Gasteiger partial charge in [0, 0.05) is 0 Å². The van der Waals surface area contributed by atoms with E-state index in [-0.39, 0.29) is 6.03 Å². The summed E-state index contributed by atoms with van der Waals surface area (Å²) in [6.45, 7) is 6.89. The van der Waals surface area contributed by atoms with Gasteiger partial charge in [0.05, 0.1) is 30.0 Å². The minimum Gasteiger partial charge on any atom is -0.463 e. The predicted octanol–water partition coefficient (Wildman–Crippen LogP) is 1.61. The van der Waals surface area contributed by atoms with Crippen LogP contribution in [0.4, 0.5) is 4.79 Å². The largest absolute Gasteiger partial charge is 0.463 e. The Kier molecular flexibility index (Phi) is 7.01. The van der Waals surface area contributed by atoms with Gasteiger partial charge in [0.15, 0.2) is 0 Å². The molecule has 0 aliphatic carbocycles. The van der Waals surface area contributed by atoms with Gasteiger partial charge in [-0.3, -0.25) is 0 Å². The molecule has 0 saturated heterocycles. The first-order chi connectivity index (χ1) is 12.1. The molecule has 1 aromatic carbocycles. The molecule has 1 aromatic rings. The van der Waals surface area contributed by atoms with Crippen molar-refractivity contribution in [3.8, 4) is 0 Å². The Balaban J connectivity index is 2.38. The number of urea groups is 1. The van der Waals surface area contributed by atoms with Crippen molar-refractivity contribution in [3.63, 3.8) is 0 Å². The van der Waals surface area contributed by atoms with Crippen LogP contribution in [-0.4, -0.2) is 31.2 Å². The van der Waals surface area contributed by atoms with Crippen LogP contribution in [0, 0.1) is 0 Å². The number of hydrogen-bond acceptors (Lipinski definition) is 3. The normalized spacial score (nSPS) is 17.3. The Morgan fingerprint density at radius 3 is 2.48 bits per heavy atom. The Morgan fingerprint density at radius 2 is 1.88 bits per heavy atom. The maximum atomic E-state index is 12.6. The van der Waals surface area contributed by atoms with Crippen LogP contribution in [0.25, 0.3) is 0 Å². The number of benzene rings is 1. The van der Waals surface area contributed by atoms with Crippen LogP contribution in [0.5, 0.6) is 0 Å². The number of ether oxygens (including phenoxy) is 1. The molecule has 0 bridgehead atoms. The van der Waals surface area contributed by atoms with Crippen molar-refractivity contribution in [1.82, 2.24) is 10.6 Å². The van der Waals surface area contributed by atoms with Gasteiger partial charge in [-0.25, -0.2) is 9.59 Å². The third-order valence-electron chi connectivity index (χ3n) is 4.49. The molecule has 2 rings (SSSR count). The van der Waals surface area contributed by atoms with Gasteiger partial charge < -0.3 is 20.7 Å². The van der Waals surface area contributed by atoms with E-state index in [0.29, 0.717) is 30.5 Å². The zero-order chi connectivity index (χ0) is 18.2. The molecule has 1 atom stereocenters. The van der Waals surface area contributed by atoms with E-state index in [1.165, 1.54) is 0 Å². The highest BCUT2D eigenvalue weighted by atomic mass is 16.5. The second-order valence-corrected chi connectivity index (χ2v) is 6.07. The number of nitrogens with one attached hydrogen (secondary N) is 2. The molecule has 0 saturated carbocycles. The molecular weight excluding hydrogens is 318 g/mol. The van der Waals surface area contributed by atoms with Crippen LogP contribution in [-0.2, 0) is 9.53 Å². The van der Waals surface area contributed by atoms with Gasteiger partial charge in [-0.15, -0.1) is 0 Å². The minimum atomic E-state index is -0.501. The molecule has 0 unspecified atom stereocenters. The maximum Gasteiger partial charge on any atom is 0.338 e. The molecule has 1 aliphatic rings. The molecule has 0 aromatic heterocycles. The highest BCUT2D eigenvalue weighted by Gasteiger charge is 2.34. The smallest absolute Gasteiger partial charge is 0.338 e. The lowest BCUT2D eigenvalue weighted by Gasteiger charge is -2.29. The number of hydrogen-bond donors (Lipinski definition) is 3. The summed E-state index contributed by atoms with van der Waals surface area (Å²) < 4.78 is 5.26. The molecule has 4 N–H and O–H groups in total. The van der Waals surface area contributed by atoms with E-state index in [0.717, 1.165) is 18.4 Å². The van der Waals surface area contributed by atoms with Crippen molar-refractivity contribution in [2.45, 2.75) is 45.7 Å². The molecule has 0 radical (unpaired) electrons. The van der Waals surface area contributed by atoms with Gasteiger partial charge in [0.2, 0.25) is 0 Å². The van der Waals surface area contributed by atoms with Gasteiger partial charge in [-0.1, -0.05) is 44.2 Å². The lowest BCUT2D eigenvalue weighted by Crippen LogP contribution is -2.90. The van der Waals surface area contributed by atoms with Crippen LogP contribution < -0.4 is 16.0 Å². The summed E-state index contributed by atoms with van der Waals surface area (Å²) in [6, 6.07) is 9.15. The highest BCUT2D eigenvalue weighted by Crippen LogP contribution is 2.27. The standard InChI is InChI=1S/C19H27N3O3/c1-4-14(5-2)20-12-15-16(18(23)25-6-3)17(22-19(24)21-15)13-10-8-7-9-11-13/h7-11,14,17,20H,4-6,12H2,1-3H3,(H2,21,22,24)/p+1/t17-/m1/s1. The Hall–Kier alpha value is -2.34. The molecule has 0 fully saturated rings. The average Bonchev–Trinajstić information content (AvgIpc) is 2.63. The first kappa shape index (κ1) is 19.0. The van der Waals surface area contributed by atoms with Gasteiger partial charge >= 0.3 is 12.0 Å². The van der Waals surface area contributed by atoms with Gasteiger partial charge in [-0.05, 0) is 25.3 Å². The Bertz CT molecular complexity index is 624. The summed E-state index contributed by atoms with van der Waals surface area (Å²) in [5, 5.41) is 7.82. The van der Waals surface area contributed by atoms with E-state index in [9.17, 15) is 9.59 Å². The van der Waals surface area contributed by atoms with E-state index in [1.807, 2.05) is 30.3 Å². The molecular formula is C19H28N3O3+. The summed E-state index contributed by atoms with van der Waals surface area (Å²) in [7, 11) is 0. The van der Waals surface area contributed by atoms with Crippen LogP contribution >= 0.6 is 0 Å². The third kappa shape index (κ3) is 4.82. The van der Waals surface area contributed by atoms with Gasteiger partial charge in [-0.2, -0.15) is 0 Å². The number of amides is 2. The molecule has 2 amide bonds. The van der Waals surface area contributed by atoms with Crippen LogP contribution in [0.1, 0.15) is 45.2 Å². The molecule has 6 heteroatoms. The van der Waals surface area contributed by atoms with Crippen LogP contribution in [0.15, 0.2) is 41.6 Å². The quantitative estimate of drug-likeness (QED) is 0.625. The average molecular weight is 346 g/mol. The zero-order valence-electron chi connectivity index (χ0n) is 15.2. The lowest BCUT2D eigenvalue weighted by molar-refractivity contribution is -0.683. The summed E-state index contributed by atoms with van der Waals surface area (Å²) >= 11 is 0. The summed E-state index contributed by atoms with van der Waals surface area (Å²) in [5.74, 6) is -0.392. The molecule has 6 nitrogen and oxygen atoms in total. The number of nitrogens with two attached hydrogens (primary N) is 1. The molecule has 25 heavy (non-hydrogen) atoms. The maximum absolute atomic E-state index is 12.6. The van der Waals surface area contributed by atoms with Crippen molar-refractivity contribution in [2.24, 2.45) is 0 Å². The fraction of sp³-hybridized carbons (Fsp3) is 0.474. The van der Waals surface area contributed by atoms with Gasteiger partial charge in [0.1, 0.15) is 6.54 Å². The van der Waals surface area contributed by atoms with E-state index in [1.54, 1.807) is 6.92 Å². The summed E-state index contributed by atoms with van der Waals surface area (Å²) in [5.41, 5.74) is 1.97.